The molecule has 1 saturated heterocycles. The lowest BCUT2D eigenvalue weighted by atomic mass is 9.81. The zero-order valence-corrected chi connectivity index (χ0v) is 10.5. The zero-order valence-electron chi connectivity index (χ0n) is 10.5. The van der Waals surface area contributed by atoms with Crippen LogP contribution in [0, 0.1) is 5.41 Å². The van der Waals surface area contributed by atoms with E-state index in [2.05, 4.69) is 28.7 Å². The Hall–Kier alpha value is -0.830. The summed E-state index contributed by atoms with van der Waals surface area (Å²) in [6.45, 7) is 8.08. The van der Waals surface area contributed by atoms with E-state index < -0.39 is 0 Å². The molecule has 16 heavy (non-hydrogen) atoms. The molecule has 0 atom stereocenters. The van der Waals surface area contributed by atoms with Crippen molar-refractivity contribution in [3.05, 3.63) is 18.2 Å². The first kappa shape index (κ1) is 11.6. The number of aromatic nitrogens is 2. The van der Waals surface area contributed by atoms with Crippen molar-refractivity contribution in [2.45, 2.75) is 46.1 Å². The smallest absolute Gasteiger partial charge is 0.0948 e. The molecule has 2 heterocycles. The quantitative estimate of drug-likeness (QED) is 0.845. The van der Waals surface area contributed by atoms with Gasteiger partial charge in [-0.1, -0.05) is 20.3 Å². The highest BCUT2D eigenvalue weighted by molar-refractivity contribution is 4.99. The fourth-order valence-electron chi connectivity index (χ4n) is 2.55. The number of rotatable bonds is 4. The van der Waals surface area contributed by atoms with Gasteiger partial charge in [0.25, 0.3) is 0 Å². The minimum absolute atomic E-state index is 0.453. The molecule has 1 aliphatic rings. The maximum Gasteiger partial charge on any atom is 0.0948 e. The van der Waals surface area contributed by atoms with Gasteiger partial charge >= 0.3 is 0 Å². The molecule has 2 rings (SSSR count). The Kier molecular flexibility index (Phi) is 3.64. The monoisotopic (exact) mass is 221 g/mol. The van der Waals surface area contributed by atoms with E-state index in [1.165, 1.54) is 25.0 Å². The molecule has 90 valence electrons. The summed E-state index contributed by atoms with van der Waals surface area (Å²) in [5.74, 6) is 0. The summed E-state index contributed by atoms with van der Waals surface area (Å²) in [6.07, 6.45) is 8.91. The van der Waals surface area contributed by atoms with Crippen molar-refractivity contribution < 1.29 is 0 Å². The maximum atomic E-state index is 4.28. The van der Waals surface area contributed by atoms with E-state index in [1.807, 2.05) is 12.5 Å². The van der Waals surface area contributed by atoms with Gasteiger partial charge in [-0.2, -0.15) is 0 Å². The highest BCUT2D eigenvalue weighted by atomic mass is 15.1. The van der Waals surface area contributed by atoms with Crippen LogP contribution < -0.4 is 5.32 Å². The largest absolute Gasteiger partial charge is 0.334 e. The molecule has 0 aliphatic carbocycles. The van der Waals surface area contributed by atoms with Crippen molar-refractivity contribution >= 4 is 0 Å². The Morgan fingerprint density at radius 3 is 2.88 bits per heavy atom. The Morgan fingerprint density at radius 1 is 1.44 bits per heavy atom. The van der Waals surface area contributed by atoms with Gasteiger partial charge in [-0.05, 0) is 37.8 Å². The van der Waals surface area contributed by atoms with Crippen LogP contribution in [0.4, 0.5) is 0 Å². The molecule has 3 heteroatoms. The topological polar surface area (TPSA) is 29.9 Å². The van der Waals surface area contributed by atoms with Gasteiger partial charge in [0.1, 0.15) is 0 Å². The Labute approximate surface area is 98.3 Å². The van der Waals surface area contributed by atoms with Crippen molar-refractivity contribution in [2.24, 2.45) is 5.41 Å². The number of aryl methyl sites for hydroxylation is 1. The molecule has 0 aromatic carbocycles. The van der Waals surface area contributed by atoms with E-state index in [4.69, 9.17) is 0 Å². The van der Waals surface area contributed by atoms with E-state index in [-0.39, 0.29) is 0 Å². The maximum absolute atomic E-state index is 4.28. The first-order valence-electron chi connectivity index (χ1n) is 6.43. The molecule has 1 N–H and O–H groups in total. The van der Waals surface area contributed by atoms with Crippen molar-refractivity contribution in [2.75, 3.05) is 13.1 Å². The molecular weight excluding hydrogens is 198 g/mol. The molecular formula is C13H23N3. The lowest BCUT2D eigenvalue weighted by molar-refractivity contribution is 0.193. The summed E-state index contributed by atoms with van der Waals surface area (Å²) < 4.78 is 2.36. The number of nitrogens with one attached hydrogen (secondary N) is 1. The van der Waals surface area contributed by atoms with Crippen LogP contribution >= 0.6 is 0 Å². The van der Waals surface area contributed by atoms with E-state index in [0.29, 0.717) is 5.41 Å². The summed E-state index contributed by atoms with van der Waals surface area (Å²) in [6, 6.07) is 0. The molecule has 1 fully saturated rings. The van der Waals surface area contributed by atoms with Crippen molar-refractivity contribution in [1.29, 1.82) is 0 Å². The summed E-state index contributed by atoms with van der Waals surface area (Å²) in [7, 11) is 0. The van der Waals surface area contributed by atoms with Crippen LogP contribution in [0.3, 0.4) is 0 Å². The highest BCUT2D eigenvalue weighted by Gasteiger charge is 2.27. The van der Waals surface area contributed by atoms with Crippen molar-refractivity contribution in [3.63, 3.8) is 0 Å². The molecule has 3 nitrogen and oxygen atoms in total. The van der Waals surface area contributed by atoms with Gasteiger partial charge in [-0.15, -0.1) is 0 Å². The highest BCUT2D eigenvalue weighted by Crippen LogP contribution is 2.30. The fraction of sp³-hybridized carbons (Fsp3) is 0.769. The van der Waals surface area contributed by atoms with Gasteiger partial charge in [0.15, 0.2) is 0 Å². The zero-order chi connectivity index (χ0) is 11.4. The van der Waals surface area contributed by atoms with Gasteiger partial charge in [-0.25, -0.2) is 4.98 Å². The second kappa shape index (κ2) is 5.00. The predicted octanol–water partition coefficient (Wildman–Crippen LogP) is 2.23. The third-order valence-electron chi connectivity index (χ3n) is 3.67. The van der Waals surface area contributed by atoms with Gasteiger partial charge in [0.05, 0.1) is 6.33 Å². The average molecular weight is 221 g/mol. The van der Waals surface area contributed by atoms with Crippen LogP contribution in [0.1, 0.15) is 38.8 Å². The number of nitrogens with zero attached hydrogens (tertiary/aromatic N) is 2. The number of hydrogen-bond acceptors (Lipinski definition) is 2. The van der Waals surface area contributed by atoms with E-state index in [0.717, 1.165) is 26.1 Å². The van der Waals surface area contributed by atoms with Gasteiger partial charge in [0.2, 0.25) is 0 Å². The Balaban J connectivity index is 2.04. The van der Waals surface area contributed by atoms with Crippen LogP contribution in [0.5, 0.6) is 0 Å². The molecule has 1 aromatic rings. The van der Waals surface area contributed by atoms with Crippen LogP contribution in [0.15, 0.2) is 12.5 Å². The third kappa shape index (κ3) is 2.64. The van der Waals surface area contributed by atoms with Gasteiger partial charge in [-0.3, -0.25) is 0 Å². The van der Waals surface area contributed by atoms with Crippen molar-refractivity contribution in [1.82, 2.24) is 14.9 Å². The number of hydrogen-bond donors (Lipinski definition) is 1. The SMILES string of the molecule is CCCc1cncn1CC1(C)CCNCC1. The number of piperidine rings is 1. The summed E-state index contributed by atoms with van der Waals surface area (Å²) in [5, 5.41) is 3.43. The lowest BCUT2D eigenvalue weighted by Gasteiger charge is -2.34. The minimum Gasteiger partial charge on any atom is -0.334 e. The minimum atomic E-state index is 0.453. The van der Waals surface area contributed by atoms with E-state index >= 15 is 0 Å². The molecule has 0 amide bonds. The molecule has 0 unspecified atom stereocenters. The molecule has 1 aromatic heterocycles. The first-order valence-corrected chi connectivity index (χ1v) is 6.43. The van der Waals surface area contributed by atoms with Crippen LogP contribution in [-0.4, -0.2) is 22.6 Å². The molecule has 1 aliphatic heterocycles. The predicted molar refractivity (Wildman–Crippen MR) is 66.4 cm³/mol. The van der Waals surface area contributed by atoms with E-state index in [9.17, 15) is 0 Å². The first-order chi connectivity index (χ1) is 7.73. The standard InChI is InChI=1S/C13H23N3/c1-3-4-12-9-15-11-16(12)10-13(2)5-7-14-8-6-13/h9,11,14H,3-8,10H2,1-2H3. The molecule has 0 spiro atoms. The summed E-state index contributed by atoms with van der Waals surface area (Å²) >= 11 is 0. The molecule has 0 bridgehead atoms. The molecule has 0 saturated carbocycles. The summed E-state index contributed by atoms with van der Waals surface area (Å²) in [4.78, 5) is 4.28. The van der Waals surface area contributed by atoms with Gasteiger partial charge < -0.3 is 9.88 Å². The second-order valence-electron chi connectivity index (χ2n) is 5.32. The molecule has 0 radical (unpaired) electrons. The number of imidazole rings is 1. The second-order valence-corrected chi connectivity index (χ2v) is 5.32. The van der Waals surface area contributed by atoms with Crippen LogP contribution in [0.25, 0.3) is 0 Å². The normalized spacial score (nSPS) is 19.9. The summed E-state index contributed by atoms with van der Waals surface area (Å²) in [5.41, 5.74) is 1.84. The van der Waals surface area contributed by atoms with Gasteiger partial charge in [0, 0.05) is 18.4 Å². The Bertz CT molecular complexity index is 324. The fourth-order valence-corrected chi connectivity index (χ4v) is 2.55. The Morgan fingerprint density at radius 2 is 2.19 bits per heavy atom. The van der Waals surface area contributed by atoms with Crippen molar-refractivity contribution in [3.8, 4) is 0 Å². The average Bonchev–Trinajstić information content (AvgIpc) is 2.67. The van der Waals surface area contributed by atoms with E-state index in [1.54, 1.807) is 0 Å². The lowest BCUT2D eigenvalue weighted by Crippen LogP contribution is -2.37. The third-order valence-corrected chi connectivity index (χ3v) is 3.67. The van der Waals surface area contributed by atoms with Crippen LogP contribution in [0.2, 0.25) is 0 Å². The van der Waals surface area contributed by atoms with Crippen LogP contribution in [-0.2, 0) is 13.0 Å².